The minimum absolute atomic E-state index is 0.00453. The van der Waals surface area contributed by atoms with Crippen molar-refractivity contribution in [3.05, 3.63) is 0 Å². The molecule has 1 N–H and O–H groups in total. The average Bonchev–Trinajstić information content (AvgIpc) is 3.04. The molecule has 1 saturated carbocycles. The predicted molar refractivity (Wildman–Crippen MR) is 73.6 cm³/mol. The van der Waals surface area contributed by atoms with Crippen molar-refractivity contribution in [1.29, 1.82) is 0 Å². The maximum atomic E-state index is 12.4. The van der Waals surface area contributed by atoms with Crippen LogP contribution in [0, 0.1) is 11.8 Å². The van der Waals surface area contributed by atoms with Gasteiger partial charge in [0.2, 0.25) is 5.91 Å². The van der Waals surface area contributed by atoms with Crippen LogP contribution in [-0.2, 0) is 9.53 Å². The zero-order valence-corrected chi connectivity index (χ0v) is 11.9. The van der Waals surface area contributed by atoms with E-state index in [9.17, 15) is 4.79 Å². The summed E-state index contributed by atoms with van der Waals surface area (Å²) in [5.41, 5.74) is 0. The number of carbonyl (C=O) groups excluding carboxylic acids is 1. The molecule has 0 aromatic rings. The van der Waals surface area contributed by atoms with Crippen molar-refractivity contribution in [2.24, 2.45) is 11.8 Å². The molecular weight excluding hydrogens is 240 g/mol. The Balaban J connectivity index is 1.66. The van der Waals surface area contributed by atoms with E-state index in [1.165, 1.54) is 32.1 Å². The molecule has 108 valence electrons. The van der Waals surface area contributed by atoms with E-state index in [1.54, 1.807) is 0 Å². The summed E-state index contributed by atoms with van der Waals surface area (Å²) in [5.74, 6) is 1.49. The van der Waals surface area contributed by atoms with Gasteiger partial charge in [0.05, 0.1) is 18.8 Å². The standard InChI is InChI=1S/C15H26N2O2/c1-11-15(18)17(9-12-5-4-8-19-10-12)14(16-11)13-6-2-3-7-13/h11-14,16H,2-10H2,1H3. The number of nitrogens with one attached hydrogen (secondary N) is 1. The summed E-state index contributed by atoms with van der Waals surface area (Å²) < 4.78 is 5.56. The topological polar surface area (TPSA) is 41.6 Å². The van der Waals surface area contributed by atoms with Crippen molar-refractivity contribution in [3.8, 4) is 0 Å². The lowest BCUT2D eigenvalue weighted by molar-refractivity contribution is -0.131. The Hall–Kier alpha value is -0.610. The van der Waals surface area contributed by atoms with Crippen LogP contribution in [0.5, 0.6) is 0 Å². The largest absolute Gasteiger partial charge is 0.381 e. The van der Waals surface area contributed by atoms with Gasteiger partial charge in [0, 0.05) is 19.1 Å². The summed E-state index contributed by atoms with van der Waals surface area (Å²) in [5, 5.41) is 3.52. The Morgan fingerprint density at radius 1 is 1.26 bits per heavy atom. The first-order valence-corrected chi connectivity index (χ1v) is 7.90. The molecule has 19 heavy (non-hydrogen) atoms. The molecule has 0 radical (unpaired) electrons. The van der Waals surface area contributed by atoms with Crippen LogP contribution >= 0.6 is 0 Å². The molecule has 2 aliphatic heterocycles. The molecule has 0 spiro atoms. The van der Waals surface area contributed by atoms with Crippen LogP contribution in [-0.4, -0.2) is 42.8 Å². The van der Waals surface area contributed by atoms with Crippen LogP contribution in [0.3, 0.4) is 0 Å². The molecule has 4 nitrogen and oxygen atoms in total. The molecule has 2 saturated heterocycles. The number of ether oxygens (including phenoxy) is 1. The zero-order valence-electron chi connectivity index (χ0n) is 11.9. The molecule has 0 bridgehead atoms. The Morgan fingerprint density at radius 3 is 2.74 bits per heavy atom. The van der Waals surface area contributed by atoms with Gasteiger partial charge in [-0.3, -0.25) is 10.1 Å². The van der Waals surface area contributed by atoms with Crippen molar-refractivity contribution in [3.63, 3.8) is 0 Å². The van der Waals surface area contributed by atoms with E-state index >= 15 is 0 Å². The summed E-state index contributed by atoms with van der Waals surface area (Å²) in [6.45, 7) is 4.61. The van der Waals surface area contributed by atoms with Crippen molar-refractivity contribution in [1.82, 2.24) is 10.2 Å². The van der Waals surface area contributed by atoms with Crippen molar-refractivity contribution in [2.75, 3.05) is 19.8 Å². The van der Waals surface area contributed by atoms with Gasteiger partial charge in [0.1, 0.15) is 0 Å². The third-order valence-electron chi connectivity index (χ3n) is 4.97. The fourth-order valence-electron chi connectivity index (χ4n) is 3.90. The van der Waals surface area contributed by atoms with Crippen LogP contribution in [0.25, 0.3) is 0 Å². The van der Waals surface area contributed by atoms with Gasteiger partial charge in [-0.2, -0.15) is 0 Å². The third-order valence-corrected chi connectivity index (χ3v) is 4.97. The van der Waals surface area contributed by atoms with E-state index in [-0.39, 0.29) is 12.2 Å². The Bertz CT molecular complexity index is 322. The second-order valence-corrected chi connectivity index (χ2v) is 6.45. The highest BCUT2D eigenvalue weighted by atomic mass is 16.5. The van der Waals surface area contributed by atoms with E-state index in [2.05, 4.69) is 10.2 Å². The average molecular weight is 266 g/mol. The number of amides is 1. The van der Waals surface area contributed by atoms with Crippen LogP contribution in [0.1, 0.15) is 45.4 Å². The molecule has 3 rings (SSSR count). The number of hydrogen-bond acceptors (Lipinski definition) is 3. The van der Waals surface area contributed by atoms with Crippen molar-refractivity contribution >= 4 is 5.91 Å². The van der Waals surface area contributed by atoms with Gasteiger partial charge in [0.25, 0.3) is 0 Å². The maximum absolute atomic E-state index is 12.4. The highest BCUT2D eigenvalue weighted by molar-refractivity contribution is 5.84. The van der Waals surface area contributed by atoms with Gasteiger partial charge in [-0.05, 0) is 38.5 Å². The monoisotopic (exact) mass is 266 g/mol. The van der Waals surface area contributed by atoms with Crippen molar-refractivity contribution in [2.45, 2.75) is 57.7 Å². The summed E-state index contributed by atoms with van der Waals surface area (Å²) in [6, 6.07) is -0.00453. The quantitative estimate of drug-likeness (QED) is 0.846. The van der Waals surface area contributed by atoms with E-state index in [4.69, 9.17) is 4.74 Å². The first-order valence-electron chi connectivity index (χ1n) is 7.90. The molecular formula is C15H26N2O2. The fraction of sp³-hybridized carbons (Fsp3) is 0.933. The van der Waals surface area contributed by atoms with Gasteiger partial charge in [-0.15, -0.1) is 0 Å². The normalized spacial score (nSPS) is 37.2. The van der Waals surface area contributed by atoms with E-state index in [1.807, 2.05) is 6.92 Å². The highest BCUT2D eigenvalue weighted by Gasteiger charge is 2.41. The smallest absolute Gasteiger partial charge is 0.240 e. The summed E-state index contributed by atoms with van der Waals surface area (Å²) in [6.07, 6.45) is 7.83. The Labute approximate surface area is 115 Å². The SMILES string of the molecule is CC1NC(C2CCCC2)N(CC2CCCOC2)C1=O. The first kappa shape index (κ1) is 13.4. The molecule has 4 heteroatoms. The van der Waals surface area contributed by atoms with Gasteiger partial charge in [-0.1, -0.05) is 12.8 Å². The van der Waals surface area contributed by atoms with Crippen LogP contribution < -0.4 is 5.32 Å². The minimum Gasteiger partial charge on any atom is -0.381 e. The number of carbonyl (C=O) groups is 1. The van der Waals surface area contributed by atoms with E-state index in [0.717, 1.165) is 26.2 Å². The molecule has 3 unspecified atom stereocenters. The van der Waals surface area contributed by atoms with Gasteiger partial charge in [-0.25, -0.2) is 0 Å². The van der Waals surface area contributed by atoms with Gasteiger partial charge < -0.3 is 9.64 Å². The lowest BCUT2D eigenvalue weighted by Crippen LogP contribution is -2.45. The molecule has 1 amide bonds. The lowest BCUT2D eigenvalue weighted by Gasteiger charge is -2.33. The van der Waals surface area contributed by atoms with Crippen LogP contribution in [0.15, 0.2) is 0 Å². The molecule has 3 fully saturated rings. The molecule has 1 aliphatic carbocycles. The van der Waals surface area contributed by atoms with E-state index in [0.29, 0.717) is 17.7 Å². The summed E-state index contributed by atoms with van der Waals surface area (Å²) in [4.78, 5) is 14.5. The lowest BCUT2D eigenvalue weighted by atomic mass is 9.99. The molecule has 0 aromatic heterocycles. The second-order valence-electron chi connectivity index (χ2n) is 6.45. The molecule has 3 aliphatic rings. The van der Waals surface area contributed by atoms with E-state index < -0.39 is 0 Å². The Morgan fingerprint density at radius 2 is 2.05 bits per heavy atom. The Kier molecular flexibility index (Phi) is 4.08. The second kappa shape index (κ2) is 5.80. The zero-order chi connectivity index (χ0) is 13.2. The number of rotatable bonds is 3. The van der Waals surface area contributed by atoms with Crippen LogP contribution in [0.4, 0.5) is 0 Å². The highest BCUT2D eigenvalue weighted by Crippen LogP contribution is 2.32. The predicted octanol–water partition coefficient (Wildman–Crippen LogP) is 1.75. The summed E-state index contributed by atoms with van der Waals surface area (Å²) in [7, 11) is 0. The van der Waals surface area contributed by atoms with Gasteiger partial charge >= 0.3 is 0 Å². The molecule has 2 heterocycles. The minimum atomic E-state index is -0.00453. The first-order chi connectivity index (χ1) is 9.25. The maximum Gasteiger partial charge on any atom is 0.240 e. The summed E-state index contributed by atoms with van der Waals surface area (Å²) >= 11 is 0. The fourth-order valence-corrected chi connectivity index (χ4v) is 3.90. The van der Waals surface area contributed by atoms with Crippen molar-refractivity contribution < 1.29 is 9.53 Å². The molecule has 3 atom stereocenters. The number of hydrogen-bond donors (Lipinski definition) is 1. The van der Waals surface area contributed by atoms with Crippen LogP contribution in [0.2, 0.25) is 0 Å². The third kappa shape index (κ3) is 2.79. The number of nitrogens with zero attached hydrogens (tertiary/aromatic N) is 1. The van der Waals surface area contributed by atoms with Gasteiger partial charge in [0.15, 0.2) is 0 Å². The molecule has 0 aromatic carbocycles.